The number of amides is 2. The van der Waals surface area contributed by atoms with Gasteiger partial charge in [0.25, 0.3) is 0 Å². The third-order valence-corrected chi connectivity index (χ3v) is 11.1. The van der Waals surface area contributed by atoms with Gasteiger partial charge in [-0.3, -0.25) is 9.69 Å². The first-order valence-electron chi connectivity index (χ1n) is 19.5. The molecule has 0 aliphatic carbocycles. The van der Waals surface area contributed by atoms with E-state index in [0.29, 0.717) is 26.3 Å². The van der Waals surface area contributed by atoms with E-state index in [1.807, 2.05) is 51.8 Å². The summed E-state index contributed by atoms with van der Waals surface area (Å²) in [6, 6.07) is 13.9. The van der Waals surface area contributed by atoms with Gasteiger partial charge in [-0.05, 0) is 92.3 Å². The van der Waals surface area contributed by atoms with Crippen molar-refractivity contribution in [3.8, 4) is 28.1 Å². The zero-order chi connectivity index (χ0) is 39.3. The van der Waals surface area contributed by atoms with E-state index in [2.05, 4.69) is 51.4 Å². The van der Waals surface area contributed by atoms with Crippen LogP contribution in [-0.4, -0.2) is 93.7 Å². The highest BCUT2D eigenvalue weighted by Crippen LogP contribution is 2.44. The molecule has 2 amide bonds. The number of imidazole rings is 2. The lowest BCUT2D eigenvalue weighted by molar-refractivity contribution is -0.134. The van der Waals surface area contributed by atoms with Gasteiger partial charge < -0.3 is 33.8 Å². The number of rotatable bonds is 9. The topological polar surface area (TPSA) is 147 Å². The molecule has 5 aromatic rings. The van der Waals surface area contributed by atoms with Crippen molar-refractivity contribution in [3.05, 3.63) is 65.9 Å². The maximum atomic E-state index is 13.7. The second-order valence-corrected chi connectivity index (χ2v) is 16.6. The lowest BCUT2D eigenvalue weighted by Crippen LogP contribution is -2.40. The summed E-state index contributed by atoms with van der Waals surface area (Å²) < 4.78 is 22.7. The van der Waals surface area contributed by atoms with E-state index in [9.17, 15) is 9.59 Å². The largest absolute Gasteiger partial charge is 0.488 e. The van der Waals surface area contributed by atoms with Crippen LogP contribution in [-0.2, 0) is 25.6 Å². The lowest BCUT2D eigenvalue weighted by Gasteiger charge is -2.27. The van der Waals surface area contributed by atoms with Crippen LogP contribution in [0.5, 0.6) is 5.75 Å². The number of aromatic nitrogens is 4. The van der Waals surface area contributed by atoms with Crippen LogP contribution < -0.4 is 4.74 Å². The standard InChI is InChI=1S/C43H51N7O6/c1-24(2)37(45-23-54-7)41(51)49-14-8-9-34(49)40-46-32-13-11-26-17-31-29-12-10-27(16-28(29)22-55-36(31)18-30(26)38(32)48-40)33-19-44-39(47-33)35-15-25(21-53-6)20-50(35)42(52)56-43(3,4)5/h10-13,16-19,23-25,34-35,37H,8-9,14-15,20-22H2,1-7H3,(H,44,47)(H,46,48)/t25-,34-,35-,37-/m0/s1. The molecule has 0 bridgehead atoms. The number of aliphatic imine (C=N–C) groups is 1. The monoisotopic (exact) mass is 761 g/mol. The Morgan fingerprint density at radius 1 is 1.04 bits per heavy atom. The molecular weight excluding hydrogens is 711 g/mol. The Labute approximate surface area is 326 Å². The zero-order valence-electron chi connectivity index (χ0n) is 33.2. The van der Waals surface area contributed by atoms with Crippen molar-refractivity contribution >= 4 is 40.2 Å². The van der Waals surface area contributed by atoms with E-state index in [0.717, 1.165) is 86.4 Å². The van der Waals surface area contributed by atoms with Gasteiger partial charge in [-0.1, -0.05) is 32.0 Å². The Bertz CT molecular complexity index is 2300. The fraction of sp³-hybridized carbons (Fsp3) is 0.465. The minimum atomic E-state index is -0.598. The Morgan fingerprint density at radius 2 is 1.88 bits per heavy atom. The number of H-pyrrole nitrogens is 2. The summed E-state index contributed by atoms with van der Waals surface area (Å²) in [6.45, 7) is 11.8. The van der Waals surface area contributed by atoms with E-state index in [1.165, 1.54) is 13.5 Å². The molecule has 3 aliphatic heterocycles. The van der Waals surface area contributed by atoms with E-state index in [1.54, 1.807) is 12.0 Å². The molecule has 13 heteroatoms. The zero-order valence-corrected chi connectivity index (χ0v) is 33.2. The average molecular weight is 762 g/mol. The molecule has 0 saturated carbocycles. The van der Waals surface area contributed by atoms with Crippen molar-refractivity contribution in [2.75, 3.05) is 33.9 Å². The van der Waals surface area contributed by atoms with Gasteiger partial charge >= 0.3 is 6.09 Å². The summed E-state index contributed by atoms with van der Waals surface area (Å²) in [4.78, 5) is 51.9. The lowest BCUT2D eigenvalue weighted by atomic mass is 9.92. The number of carbonyl (C=O) groups excluding carboxylic acids is 2. The van der Waals surface area contributed by atoms with E-state index >= 15 is 0 Å². The maximum Gasteiger partial charge on any atom is 0.410 e. The molecule has 0 radical (unpaired) electrons. The van der Waals surface area contributed by atoms with Gasteiger partial charge in [0.15, 0.2) is 6.40 Å². The highest BCUT2D eigenvalue weighted by Gasteiger charge is 2.40. The summed E-state index contributed by atoms with van der Waals surface area (Å²) in [6.07, 6.45) is 5.31. The summed E-state index contributed by atoms with van der Waals surface area (Å²) in [5.74, 6) is 2.54. The summed E-state index contributed by atoms with van der Waals surface area (Å²) in [5, 5.41) is 2.09. The van der Waals surface area contributed by atoms with Crippen molar-refractivity contribution in [2.24, 2.45) is 16.8 Å². The molecule has 2 N–H and O–H groups in total. The SMILES string of the molecule is COC=N[C@H](C(=O)N1CCC[C@H]1c1nc2ccc3cc4c(cc3c2[nH]1)OCc1cc(-c2cnc([C@@H]3C[C@H](COC)CN3C(=O)OC(C)(C)C)[nH]2)ccc1-4)C(C)C. The fourth-order valence-electron chi connectivity index (χ4n) is 8.48. The van der Waals surface area contributed by atoms with Crippen molar-refractivity contribution in [1.29, 1.82) is 0 Å². The van der Waals surface area contributed by atoms with Crippen LogP contribution >= 0.6 is 0 Å². The van der Waals surface area contributed by atoms with Crippen LogP contribution in [0.3, 0.4) is 0 Å². The van der Waals surface area contributed by atoms with Gasteiger partial charge in [-0.15, -0.1) is 0 Å². The first-order chi connectivity index (χ1) is 26.9. The number of aromatic amines is 2. The second kappa shape index (κ2) is 14.9. The van der Waals surface area contributed by atoms with Gasteiger partial charge in [-0.2, -0.15) is 0 Å². The second-order valence-electron chi connectivity index (χ2n) is 16.6. The number of fused-ring (bicyclic) bond motifs is 6. The van der Waals surface area contributed by atoms with Crippen LogP contribution in [0.15, 0.2) is 53.7 Å². The van der Waals surface area contributed by atoms with Gasteiger partial charge in [0.2, 0.25) is 5.91 Å². The first kappa shape index (κ1) is 37.5. The fourth-order valence-corrected chi connectivity index (χ4v) is 8.48. The van der Waals surface area contributed by atoms with Gasteiger partial charge in [0, 0.05) is 37.1 Å². The Hall–Kier alpha value is -5.43. The molecule has 13 nitrogen and oxygen atoms in total. The molecule has 2 fully saturated rings. The van der Waals surface area contributed by atoms with Crippen LogP contribution in [0.4, 0.5) is 4.79 Å². The molecule has 56 heavy (non-hydrogen) atoms. The highest BCUT2D eigenvalue weighted by molar-refractivity contribution is 6.07. The van der Waals surface area contributed by atoms with Gasteiger partial charge in [0.05, 0.1) is 48.7 Å². The molecule has 2 aromatic heterocycles. The maximum absolute atomic E-state index is 13.7. The molecular formula is C43H51N7O6. The number of ether oxygens (including phenoxy) is 4. The number of nitrogens with one attached hydrogen (secondary N) is 2. The predicted molar refractivity (Wildman–Crippen MR) is 214 cm³/mol. The summed E-state index contributed by atoms with van der Waals surface area (Å²) in [5.41, 5.74) is 6.26. The third kappa shape index (κ3) is 7.08. The molecule has 8 rings (SSSR count). The van der Waals surface area contributed by atoms with Crippen molar-refractivity contribution in [2.45, 2.75) is 84.2 Å². The summed E-state index contributed by atoms with van der Waals surface area (Å²) >= 11 is 0. The molecule has 0 spiro atoms. The number of carbonyl (C=O) groups is 2. The van der Waals surface area contributed by atoms with Gasteiger partial charge in [0.1, 0.15) is 35.6 Å². The van der Waals surface area contributed by atoms with Crippen LogP contribution in [0.25, 0.3) is 44.2 Å². The molecule has 5 heterocycles. The normalized spacial score (nSPS) is 20.2. The Morgan fingerprint density at radius 3 is 2.64 bits per heavy atom. The summed E-state index contributed by atoms with van der Waals surface area (Å²) in [7, 11) is 3.22. The third-order valence-electron chi connectivity index (χ3n) is 11.1. The van der Waals surface area contributed by atoms with Crippen LogP contribution in [0.1, 0.15) is 83.2 Å². The number of benzene rings is 3. The number of methoxy groups -OCH3 is 2. The molecule has 3 aliphatic rings. The number of hydrogen-bond donors (Lipinski definition) is 2. The predicted octanol–water partition coefficient (Wildman–Crippen LogP) is 7.97. The van der Waals surface area contributed by atoms with E-state index in [4.69, 9.17) is 28.9 Å². The highest BCUT2D eigenvalue weighted by atomic mass is 16.6. The molecule has 4 atom stereocenters. The van der Waals surface area contributed by atoms with Gasteiger partial charge in [-0.25, -0.2) is 19.8 Å². The minimum absolute atomic E-state index is 0.00637. The van der Waals surface area contributed by atoms with Crippen LogP contribution in [0.2, 0.25) is 0 Å². The smallest absolute Gasteiger partial charge is 0.410 e. The molecule has 294 valence electrons. The van der Waals surface area contributed by atoms with Crippen LogP contribution in [0, 0.1) is 11.8 Å². The number of likely N-dealkylation sites (tertiary alicyclic amines) is 2. The minimum Gasteiger partial charge on any atom is -0.488 e. The van der Waals surface area contributed by atoms with Crippen molar-refractivity contribution in [1.82, 2.24) is 29.7 Å². The first-order valence-corrected chi connectivity index (χ1v) is 19.5. The number of nitrogens with zero attached hydrogens (tertiary/aromatic N) is 5. The van der Waals surface area contributed by atoms with Crippen molar-refractivity contribution in [3.63, 3.8) is 0 Å². The number of hydrogen-bond acceptors (Lipinski definition) is 9. The molecule has 3 aromatic carbocycles. The molecule has 2 saturated heterocycles. The van der Waals surface area contributed by atoms with E-state index < -0.39 is 11.6 Å². The van der Waals surface area contributed by atoms with Crippen molar-refractivity contribution < 1.29 is 28.5 Å². The van der Waals surface area contributed by atoms with E-state index in [-0.39, 0.29) is 35.9 Å². The Kier molecular flexibility index (Phi) is 9.98. The average Bonchev–Trinajstić information content (AvgIpc) is 3.99. The molecule has 0 unspecified atom stereocenters. The Balaban J connectivity index is 1.05. The quantitative estimate of drug-likeness (QED) is 0.114.